The number of halogens is 3. The molecular formula is C20H23Br3O8. The number of carbonyl (C=O) groups excluding carboxylic acids is 2. The number of ether oxygens (including phenoxy) is 3. The number of esters is 2. The highest BCUT2D eigenvalue weighted by atomic mass is 79.9. The summed E-state index contributed by atoms with van der Waals surface area (Å²) in [6, 6.07) is 9.37. The Kier molecular flexibility index (Phi) is 16.1. The number of aliphatic hydroxyl groups is 2. The molecule has 0 aliphatic rings. The molecule has 31 heavy (non-hydrogen) atoms. The molecule has 8 nitrogen and oxygen atoms in total. The van der Waals surface area contributed by atoms with Gasteiger partial charge in [0, 0.05) is 5.33 Å². The van der Waals surface area contributed by atoms with Gasteiger partial charge >= 0.3 is 11.9 Å². The van der Waals surface area contributed by atoms with Crippen LogP contribution in [0.4, 0.5) is 0 Å². The molecule has 0 aliphatic heterocycles. The Morgan fingerprint density at radius 2 is 1.35 bits per heavy atom. The summed E-state index contributed by atoms with van der Waals surface area (Å²) >= 11 is 9.37. The minimum atomic E-state index is -0.460. The first kappa shape index (κ1) is 29.3. The quantitative estimate of drug-likeness (QED) is 0.324. The number of hydrogen-bond donors (Lipinski definition) is 3. The van der Waals surface area contributed by atoms with Crippen molar-refractivity contribution in [3.63, 3.8) is 0 Å². The van der Waals surface area contributed by atoms with Crippen molar-refractivity contribution in [2.75, 3.05) is 39.4 Å². The van der Waals surface area contributed by atoms with E-state index in [2.05, 4.69) is 57.3 Å². The van der Waals surface area contributed by atoms with Crippen molar-refractivity contribution in [1.29, 1.82) is 0 Å². The van der Waals surface area contributed by atoms with Crippen molar-refractivity contribution >= 4 is 59.7 Å². The molecule has 0 saturated carbocycles. The standard InChI is InChI=1S/C10H11BrO4.C8H7BrO3.C2H5BrO/c1-14-10(13)7-2-3-8(11)9(6-7)15-5-4-12;1-12-8(11)5-2-3-6(9)7(10)4-5;3-1-2-4/h2-3,6,12H,4-5H2,1H3;2-4,10H,1H3;4H,1-2H2. The topological polar surface area (TPSA) is 123 Å². The molecule has 2 aromatic rings. The predicted molar refractivity (Wildman–Crippen MR) is 126 cm³/mol. The van der Waals surface area contributed by atoms with Crippen LogP contribution in [-0.2, 0) is 9.47 Å². The van der Waals surface area contributed by atoms with E-state index in [-0.39, 0.29) is 25.6 Å². The number of hydrogen-bond acceptors (Lipinski definition) is 8. The Morgan fingerprint density at radius 3 is 1.77 bits per heavy atom. The van der Waals surface area contributed by atoms with Crippen LogP contribution >= 0.6 is 47.8 Å². The van der Waals surface area contributed by atoms with Crippen molar-refractivity contribution in [2.45, 2.75) is 0 Å². The van der Waals surface area contributed by atoms with Crippen LogP contribution in [-0.4, -0.2) is 66.6 Å². The summed E-state index contributed by atoms with van der Waals surface area (Å²) < 4.78 is 15.5. The second-order valence-corrected chi connectivity index (χ2v) is 7.78. The molecule has 0 radical (unpaired) electrons. The van der Waals surface area contributed by atoms with Gasteiger partial charge in [-0.15, -0.1) is 0 Å². The number of aromatic hydroxyl groups is 1. The van der Waals surface area contributed by atoms with Crippen LogP contribution in [0.1, 0.15) is 20.7 Å². The van der Waals surface area contributed by atoms with Gasteiger partial charge in [-0.05, 0) is 68.3 Å². The van der Waals surface area contributed by atoms with Gasteiger partial charge in [-0.25, -0.2) is 9.59 Å². The summed E-state index contributed by atoms with van der Waals surface area (Å²) in [5.74, 6) is -0.348. The van der Waals surface area contributed by atoms with E-state index in [9.17, 15) is 14.7 Å². The summed E-state index contributed by atoms with van der Waals surface area (Å²) in [6.45, 7) is 0.345. The van der Waals surface area contributed by atoms with Crippen molar-refractivity contribution in [3.8, 4) is 11.5 Å². The molecule has 0 aliphatic carbocycles. The van der Waals surface area contributed by atoms with E-state index in [1.54, 1.807) is 30.3 Å². The van der Waals surface area contributed by atoms with Crippen LogP contribution in [0.2, 0.25) is 0 Å². The van der Waals surface area contributed by atoms with Crippen molar-refractivity contribution in [3.05, 3.63) is 56.5 Å². The molecule has 0 heterocycles. The molecule has 0 bridgehead atoms. The average Bonchev–Trinajstić information content (AvgIpc) is 2.79. The molecule has 0 unspecified atom stereocenters. The summed E-state index contributed by atoms with van der Waals surface area (Å²) in [7, 11) is 2.61. The first-order valence-corrected chi connectivity index (χ1v) is 11.3. The van der Waals surface area contributed by atoms with Crippen LogP contribution in [0.3, 0.4) is 0 Å². The summed E-state index contributed by atoms with van der Waals surface area (Å²) in [4.78, 5) is 22.1. The fourth-order valence-electron chi connectivity index (χ4n) is 1.77. The van der Waals surface area contributed by atoms with Gasteiger partial charge in [0.2, 0.25) is 0 Å². The minimum Gasteiger partial charge on any atom is -0.507 e. The van der Waals surface area contributed by atoms with E-state index < -0.39 is 11.9 Å². The highest BCUT2D eigenvalue weighted by Gasteiger charge is 2.09. The fraction of sp³-hybridized carbons (Fsp3) is 0.300. The SMILES string of the molecule is COC(=O)c1ccc(Br)c(O)c1.COC(=O)c1ccc(Br)c(OCCO)c1.OCCBr. The van der Waals surface area contributed by atoms with E-state index >= 15 is 0 Å². The van der Waals surface area contributed by atoms with Gasteiger partial charge in [-0.2, -0.15) is 0 Å². The van der Waals surface area contributed by atoms with E-state index in [0.29, 0.717) is 26.7 Å². The first-order valence-electron chi connectivity index (χ1n) is 8.60. The maximum Gasteiger partial charge on any atom is 0.337 e. The molecule has 0 amide bonds. The number of alkyl halides is 1. The number of phenols is 1. The van der Waals surface area contributed by atoms with E-state index in [4.69, 9.17) is 14.9 Å². The van der Waals surface area contributed by atoms with Gasteiger partial charge in [0.25, 0.3) is 0 Å². The Labute approximate surface area is 205 Å². The smallest absolute Gasteiger partial charge is 0.337 e. The summed E-state index contributed by atoms with van der Waals surface area (Å²) in [5.41, 5.74) is 0.742. The number of benzene rings is 2. The molecule has 3 N–H and O–H groups in total. The number of carbonyl (C=O) groups is 2. The van der Waals surface area contributed by atoms with Gasteiger partial charge in [-0.1, -0.05) is 15.9 Å². The maximum atomic E-state index is 11.2. The molecule has 11 heteroatoms. The Hall–Kier alpha value is -1.66. The highest BCUT2D eigenvalue weighted by Crippen LogP contribution is 2.26. The van der Waals surface area contributed by atoms with Crippen LogP contribution in [0.5, 0.6) is 11.5 Å². The van der Waals surface area contributed by atoms with Crippen molar-refractivity contribution in [2.24, 2.45) is 0 Å². The first-order chi connectivity index (χ1) is 14.7. The molecule has 0 aromatic heterocycles. The van der Waals surface area contributed by atoms with E-state index in [1.165, 1.54) is 20.3 Å². The van der Waals surface area contributed by atoms with E-state index in [1.807, 2.05) is 0 Å². The Bertz CT molecular complexity index is 828. The van der Waals surface area contributed by atoms with Gasteiger partial charge in [0.1, 0.15) is 18.1 Å². The third-order valence-corrected chi connectivity index (χ3v) is 4.83. The zero-order valence-corrected chi connectivity index (χ0v) is 21.6. The molecule has 0 atom stereocenters. The molecule has 0 saturated heterocycles. The minimum absolute atomic E-state index is 0.0258. The lowest BCUT2D eigenvalue weighted by atomic mass is 10.2. The normalized spacial score (nSPS) is 9.39. The number of phenolic OH excluding ortho intramolecular Hbond substituents is 1. The van der Waals surface area contributed by atoms with E-state index in [0.717, 1.165) is 4.47 Å². The zero-order chi connectivity index (χ0) is 23.8. The van der Waals surface area contributed by atoms with Gasteiger partial charge in [0.05, 0.1) is 47.5 Å². The van der Waals surface area contributed by atoms with Gasteiger partial charge in [0.15, 0.2) is 0 Å². The lowest BCUT2D eigenvalue weighted by molar-refractivity contribution is 0.0591. The van der Waals surface area contributed by atoms with Crippen molar-refractivity contribution in [1.82, 2.24) is 0 Å². The predicted octanol–water partition coefficient (Wildman–Crippen LogP) is 3.92. The molecule has 0 spiro atoms. The molecule has 2 aromatic carbocycles. The third kappa shape index (κ3) is 11.5. The average molecular weight is 631 g/mol. The Morgan fingerprint density at radius 1 is 0.871 bits per heavy atom. The fourth-order valence-corrected chi connectivity index (χ4v) is 2.38. The van der Waals surface area contributed by atoms with Crippen LogP contribution in [0.15, 0.2) is 45.3 Å². The summed E-state index contributed by atoms with van der Waals surface area (Å²) in [6.07, 6.45) is 0. The van der Waals surface area contributed by atoms with Gasteiger partial charge < -0.3 is 29.5 Å². The third-order valence-electron chi connectivity index (χ3n) is 3.15. The lowest BCUT2D eigenvalue weighted by Gasteiger charge is -2.07. The number of methoxy groups -OCH3 is 2. The second kappa shape index (κ2) is 17.0. The van der Waals surface area contributed by atoms with Gasteiger partial charge in [-0.3, -0.25) is 0 Å². The second-order valence-electron chi connectivity index (χ2n) is 5.28. The molecule has 0 fully saturated rings. The molecule has 172 valence electrons. The monoisotopic (exact) mass is 628 g/mol. The Balaban J connectivity index is 0.000000504. The van der Waals surface area contributed by atoms with Crippen LogP contribution in [0, 0.1) is 0 Å². The number of rotatable bonds is 6. The molecule has 2 rings (SSSR count). The zero-order valence-electron chi connectivity index (χ0n) is 16.8. The molecular weight excluding hydrogens is 608 g/mol. The maximum absolute atomic E-state index is 11.2. The van der Waals surface area contributed by atoms with Crippen molar-refractivity contribution < 1.29 is 39.1 Å². The lowest BCUT2D eigenvalue weighted by Crippen LogP contribution is -2.05. The van der Waals surface area contributed by atoms with Crippen LogP contribution in [0.25, 0.3) is 0 Å². The van der Waals surface area contributed by atoms with Crippen LogP contribution < -0.4 is 4.74 Å². The number of aliphatic hydroxyl groups excluding tert-OH is 2. The summed E-state index contributed by atoms with van der Waals surface area (Å²) in [5, 5.41) is 26.3. The highest BCUT2D eigenvalue weighted by molar-refractivity contribution is 9.11. The largest absolute Gasteiger partial charge is 0.507 e.